The van der Waals surface area contributed by atoms with Crippen molar-refractivity contribution in [2.75, 3.05) is 11.5 Å². The predicted molar refractivity (Wildman–Crippen MR) is 75.4 cm³/mol. The molecule has 0 saturated heterocycles. The van der Waals surface area contributed by atoms with Gasteiger partial charge in [0, 0.05) is 6.20 Å². The first-order valence-electron chi connectivity index (χ1n) is 5.94. The molecule has 4 N–H and O–H groups in total. The highest BCUT2D eigenvalue weighted by molar-refractivity contribution is 5.86. The van der Waals surface area contributed by atoms with Crippen LogP contribution in [0.2, 0.25) is 0 Å². The largest absolute Gasteiger partial charge is 0.383 e. The normalized spacial score (nSPS) is 10.7. The Kier molecular flexibility index (Phi) is 2.72. The Hall–Kier alpha value is -2.69. The topological polar surface area (TPSA) is 90.7 Å². The van der Waals surface area contributed by atoms with Gasteiger partial charge in [0.1, 0.15) is 5.82 Å². The smallest absolute Gasteiger partial charge is 0.224 e. The summed E-state index contributed by atoms with van der Waals surface area (Å²) in [4.78, 5) is 12.3. The van der Waals surface area contributed by atoms with Gasteiger partial charge in [-0.2, -0.15) is 9.97 Å². The third-order valence-electron chi connectivity index (χ3n) is 2.91. The third kappa shape index (κ3) is 2.30. The molecule has 0 bridgehead atoms. The number of hydrogen-bond donors (Lipinski definition) is 2. The molecule has 0 unspecified atom stereocenters. The van der Waals surface area contributed by atoms with Crippen LogP contribution in [0, 0.1) is 0 Å². The van der Waals surface area contributed by atoms with Crippen molar-refractivity contribution in [2.24, 2.45) is 0 Å². The molecule has 0 aliphatic carbocycles. The Balaban J connectivity index is 2.02. The van der Waals surface area contributed by atoms with E-state index in [4.69, 9.17) is 11.5 Å². The van der Waals surface area contributed by atoms with E-state index in [9.17, 15) is 0 Å². The molecule has 2 heterocycles. The summed E-state index contributed by atoms with van der Waals surface area (Å²) in [6, 6.07) is 12.1. The lowest BCUT2D eigenvalue weighted by Gasteiger charge is -2.05. The molecule has 3 aromatic rings. The Morgan fingerprint density at radius 1 is 0.947 bits per heavy atom. The Bertz CT molecular complexity index is 724. The van der Waals surface area contributed by atoms with Gasteiger partial charge >= 0.3 is 0 Å². The number of benzene rings is 1. The van der Waals surface area contributed by atoms with Crippen LogP contribution in [0.4, 0.5) is 11.8 Å². The van der Waals surface area contributed by atoms with Crippen LogP contribution >= 0.6 is 0 Å². The van der Waals surface area contributed by atoms with E-state index in [1.165, 1.54) is 5.56 Å². The average molecular weight is 251 g/mol. The zero-order valence-electron chi connectivity index (χ0n) is 10.2. The SMILES string of the molecule is Nc1nc(N)c2cc(Cc3ccccc3)cnc2n1. The van der Waals surface area contributed by atoms with Crippen molar-refractivity contribution in [3.63, 3.8) is 0 Å². The summed E-state index contributed by atoms with van der Waals surface area (Å²) in [5.41, 5.74) is 14.2. The molecule has 0 aliphatic heterocycles. The van der Waals surface area contributed by atoms with E-state index >= 15 is 0 Å². The Morgan fingerprint density at radius 3 is 2.53 bits per heavy atom. The van der Waals surface area contributed by atoms with Gasteiger partial charge in [-0.15, -0.1) is 0 Å². The molecule has 0 saturated carbocycles. The Labute approximate surface area is 110 Å². The van der Waals surface area contributed by atoms with Gasteiger partial charge in [0.2, 0.25) is 5.95 Å². The molecule has 2 aromatic heterocycles. The number of nitrogen functional groups attached to an aromatic ring is 2. The van der Waals surface area contributed by atoms with Gasteiger partial charge in [-0.3, -0.25) is 0 Å². The van der Waals surface area contributed by atoms with Crippen molar-refractivity contribution >= 4 is 22.8 Å². The van der Waals surface area contributed by atoms with Crippen LogP contribution in [0.5, 0.6) is 0 Å². The number of pyridine rings is 1. The van der Waals surface area contributed by atoms with E-state index in [0.717, 1.165) is 17.4 Å². The van der Waals surface area contributed by atoms with Gasteiger partial charge in [0.15, 0.2) is 5.65 Å². The molecule has 0 spiro atoms. The van der Waals surface area contributed by atoms with Crippen molar-refractivity contribution < 1.29 is 0 Å². The van der Waals surface area contributed by atoms with Crippen molar-refractivity contribution in [3.05, 3.63) is 53.7 Å². The molecule has 0 fully saturated rings. The summed E-state index contributed by atoms with van der Waals surface area (Å²) in [5.74, 6) is 0.512. The molecular weight excluding hydrogens is 238 g/mol. The van der Waals surface area contributed by atoms with Crippen molar-refractivity contribution in [1.29, 1.82) is 0 Å². The fourth-order valence-corrected chi connectivity index (χ4v) is 2.02. The highest BCUT2D eigenvalue weighted by atomic mass is 15.1. The number of rotatable bonds is 2. The number of anilines is 2. The average Bonchev–Trinajstić information content (AvgIpc) is 2.40. The highest BCUT2D eigenvalue weighted by Gasteiger charge is 2.06. The van der Waals surface area contributed by atoms with Crippen LogP contribution in [0.3, 0.4) is 0 Å². The number of aromatic nitrogens is 3. The predicted octanol–water partition coefficient (Wildman–Crippen LogP) is 1.78. The minimum atomic E-state index is 0.147. The molecule has 3 rings (SSSR count). The summed E-state index contributed by atoms with van der Waals surface area (Å²) >= 11 is 0. The fraction of sp³-hybridized carbons (Fsp3) is 0.0714. The van der Waals surface area contributed by atoms with E-state index in [-0.39, 0.29) is 5.95 Å². The molecular formula is C14H13N5. The monoisotopic (exact) mass is 251 g/mol. The summed E-state index contributed by atoms with van der Waals surface area (Å²) in [6.45, 7) is 0. The molecule has 0 aliphatic rings. The first-order chi connectivity index (χ1) is 9.22. The lowest BCUT2D eigenvalue weighted by atomic mass is 10.1. The molecule has 0 radical (unpaired) electrons. The maximum atomic E-state index is 5.85. The highest BCUT2D eigenvalue weighted by Crippen LogP contribution is 2.19. The quantitative estimate of drug-likeness (QED) is 0.724. The summed E-state index contributed by atoms with van der Waals surface area (Å²) < 4.78 is 0. The first-order valence-corrected chi connectivity index (χ1v) is 5.94. The maximum Gasteiger partial charge on any atom is 0.224 e. The third-order valence-corrected chi connectivity index (χ3v) is 2.91. The van der Waals surface area contributed by atoms with E-state index in [0.29, 0.717) is 11.5 Å². The van der Waals surface area contributed by atoms with E-state index in [1.807, 2.05) is 24.3 Å². The molecule has 19 heavy (non-hydrogen) atoms. The van der Waals surface area contributed by atoms with Gasteiger partial charge < -0.3 is 11.5 Å². The summed E-state index contributed by atoms with van der Waals surface area (Å²) in [6.07, 6.45) is 2.59. The van der Waals surface area contributed by atoms with Crippen LogP contribution in [-0.2, 0) is 6.42 Å². The van der Waals surface area contributed by atoms with Crippen molar-refractivity contribution in [1.82, 2.24) is 15.0 Å². The van der Waals surface area contributed by atoms with Crippen molar-refractivity contribution in [2.45, 2.75) is 6.42 Å². The molecule has 5 heteroatoms. The fourth-order valence-electron chi connectivity index (χ4n) is 2.02. The Morgan fingerprint density at radius 2 is 1.74 bits per heavy atom. The maximum absolute atomic E-state index is 5.85. The molecule has 1 aromatic carbocycles. The summed E-state index contributed by atoms with van der Waals surface area (Å²) in [5, 5.41) is 0.739. The minimum absolute atomic E-state index is 0.147. The summed E-state index contributed by atoms with van der Waals surface area (Å²) in [7, 11) is 0. The van der Waals surface area contributed by atoms with E-state index in [1.54, 1.807) is 6.20 Å². The van der Waals surface area contributed by atoms with Gasteiger partial charge in [-0.25, -0.2) is 4.98 Å². The molecule has 5 nitrogen and oxygen atoms in total. The standard InChI is InChI=1S/C14H13N5/c15-12-11-7-10(6-9-4-2-1-3-5-9)8-17-13(11)19-14(16)18-12/h1-5,7-8H,6H2,(H4,15,16,17,18,19). The number of nitrogens with two attached hydrogens (primary N) is 2. The number of nitrogens with zero attached hydrogens (tertiary/aromatic N) is 3. The lowest BCUT2D eigenvalue weighted by Crippen LogP contribution is -2.02. The first kappa shape index (κ1) is 11.4. The van der Waals surface area contributed by atoms with Crippen LogP contribution in [0.15, 0.2) is 42.6 Å². The number of fused-ring (bicyclic) bond motifs is 1. The molecule has 0 atom stereocenters. The van der Waals surface area contributed by atoms with Crippen LogP contribution in [0.1, 0.15) is 11.1 Å². The van der Waals surface area contributed by atoms with E-state index in [2.05, 4.69) is 27.1 Å². The minimum Gasteiger partial charge on any atom is -0.383 e. The van der Waals surface area contributed by atoms with Gasteiger partial charge in [-0.1, -0.05) is 30.3 Å². The van der Waals surface area contributed by atoms with Crippen LogP contribution in [-0.4, -0.2) is 15.0 Å². The second-order valence-corrected chi connectivity index (χ2v) is 4.34. The van der Waals surface area contributed by atoms with E-state index < -0.39 is 0 Å². The molecule has 0 amide bonds. The number of hydrogen-bond acceptors (Lipinski definition) is 5. The zero-order valence-corrected chi connectivity index (χ0v) is 10.2. The van der Waals surface area contributed by atoms with Crippen LogP contribution in [0.25, 0.3) is 11.0 Å². The molecule has 94 valence electrons. The zero-order chi connectivity index (χ0) is 13.2. The van der Waals surface area contributed by atoms with Gasteiger partial charge in [-0.05, 0) is 23.6 Å². The van der Waals surface area contributed by atoms with Crippen molar-refractivity contribution in [3.8, 4) is 0 Å². The second-order valence-electron chi connectivity index (χ2n) is 4.34. The lowest BCUT2D eigenvalue weighted by molar-refractivity contribution is 1.14. The van der Waals surface area contributed by atoms with Crippen LogP contribution < -0.4 is 11.5 Å². The second kappa shape index (κ2) is 4.53. The van der Waals surface area contributed by atoms with Gasteiger partial charge in [0.25, 0.3) is 0 Å². The van der Waals surface area contributed by atoms with Gasteiger partial charge in [0.05, 0.1) is 5.39 Å².